The van der Waals surface area contributed by atoms with Gasteiger partial charge in [0.25, 0.3) is 0 Å². The Morgan fingerprint density at radius 1 is 0.814 bits per heavy atom. The Bertz CT molecular complexity index is 1620. The SMILES string of the molecule is CC(C)(C)OC(=O)C[C@H]1CCCCCCCCC[C@@H](C(=O)C(=O)CC2CC2)CC(=O)[C@@H]2[C@@H]3[C@H](CN2C1=O)C3(C)C.CC1(C)CC(=O)N(C[C@@H](N=C=O)C(C)(C)C)C(=O)C1. The minimum absolute atomic E-state index is 0.0169. The molecule has 59 heavy (non-hydrogen) atoms. The van der Waals surface area contributed by atoms with E-state index in [1.54, 1.807) is 4.90 Å². The zero-order chi connectivity index (χ0) is 44.1. The predicted octanol–water partition coefficient (Wildman–Crippen LogP) is 7.77. The lowest BCUT2D eigenvalue weighted by molar-refractivity contribution is -0.159. The van der Waals surface area contributed by atoms with Crippen LogP contribution in [-0.4, -0.2) is 87.7 Å². The number of isocyanates is 1. The molecule has 3 heterocycles. The molecule has 330 valence electrons. The lowest BCUT2D eigenvalue weighted by Crippen LogP contribution is -2.50. The summed E-state index contributed by atoms with van der Waals surface area (Å²) in [6.45, 7) is 20.0. The van der Waals surface area contributed by atoms with E-state index in [-0.39, 0.29) is 88.5 Å². The van der Waals surface area contributed by atoms with Crippen molar-refractivity contribution in [3.05, 3.63) is 0 Å². The maximum Gasteiger partial charge on any atom is 0.307 e. The summed E-state index contributed by atoms with van der Waals surface area (Å²) in [6, 6.07) is -1.01. The van der Waals surface area contributed by atoms with Gasteiger partial charge in [-0.3, -0.25) is 38.5 Å². The minimum atomic E-state index is -0.630. The molecule has 0 aromatic heterocycles. The summed E-state index contributed by atoms with van der Waals surface area (Å²) in [4.78, 5) is 108. The number of aliphatic imine (C=N–C) groups is 1. The molecule has 3 saturated heterocycles. The molecule has 0 aromatic carbocycles. The number of ketones is 3. The first-order valence-electron chi connectivity index (χ1n) is 22.4. The quantitative estimate of drug-likeness (QED) is 0.0743. The largest absolute Gasteiger partial charge is 0.460 e. The Morgan fingerprint density at radius 3 is 1.90 bits per heavy atom. The molecule has 0 radical (unpaired) electrons. The number of carbonyl (C=O) groups is 7. The molecule has 0 unspecified atom stereocenters. The molecule has 5 fully saturated rings. The molecule has 3 amide bonds. The van der Waals surface area contributed by atoms with Crippen LogP contribution in [0.15, 0.2) is 4.99 Å². The molecule has 0 aromatic rings. The Balaban J connectivity index is 0.000000340. The molecule has 3 aliphatic heterocycles. The van der Waals surface area contributed by atoms with Crippen LogP contribution in [0.4, 0.5) is 0 Å². The van der Waals surface area contributed by atoms with E-state index in [0.717, 1.165) is 57.8 Å². The number of fused-ring (bicyclic) bond motifs is 3. The Hall–Kier alpha value is -3.53. The highest BCUT2D eigenvalue weighted by Gasteiger charge is 2.69. The highest BCUT2D eigenvalue weighted by atomic mass is 16.6. The van der Waals surface area contributed by atoms with Crippen molar-refractivity contribution in [3.8, 4) is 0 Å². The molecule has 5 rings (SSSR count). The number of hydrogen-bond acceptors (Lipinski definition) is 10. The van der Waals surface area contributed by atoms with Crippen LogP contribution in [0, 0.1) is 45.8 Å². The van der Waals surface area contributed by atoms with Crippen molar-refractivity contribution >= 4 is 47.1 Å². The third-order valence-electron chi connectivity index (χ3n) is 13.3. The highest BCUT2D eigenvalue weighted by Crippen LogP contribution is 2.65. The number of amides is 3. The van der Waals surface area contributed by atoms with Gasteiger partial charge in [-0.25, -0.2) is 9.79 Å². The second-order valence-electron chi connectivity index (χ2n) is 21.7. The van der Waals surface area contributed by atoms with Gasteiger partial charge < -0.3 is 9.64 Å². The summed E-state index contributed by atoms with van der Waals surface area (Å²) in [6.07, 6.45) is 12.6. The average Bonchev–Trinajstić information content (AvgIpc) is 3.95. The molecule has 2 saturated carbocycles. The molecular weight excluding hydrogens is 751 g/mol. The fraction of sp³-hybridized carbons (Fsp3) is 0.830. The lowest BCUT2D eigenvalue weighted by Gasteiger charge is -2.37. The van der Waals surface area contributed by atoms with Gasteiger partial charge in [-0.15, -0.1) is 0 Å². The first kappa shape index (κ1) is 48.1. The van der Waals surface area contributed by atoms with Crippen molar-refractivity contribution < 1.29 is 43.1 Å². The van der Waals surface area contributed by atoms with E-state index in [1.807, 2.05) is 55.4 Å². The summed E-state index contributed by atoms with van der Waals surface area (Å²) >= 11 is 0. The number of imide groups is 1. The van der Waals surface area contributed by atoms with Crippen molar-refractivity contribution in [3.63, 3.8) is 0 Å². The first-order valence-corrected chi connectivity index (χ1v) is 22.4. The van der Waals surface area contributed by atoms with E-state index in [1.165, 1.54) is 11.0 Å². The normalized spacial score (nSPS) is 28.3. The minimum Gasteiger partial charge on any atom is -0.460 e. The summed E-state index contributed by atoms with van der Waals surface area (Å²) in [7, 11) is 0. The van der Waals surface area contributed by atoms with Crippen molar-refractivity contribution in [1.29, 1.82) is 0 Å². The number of piperidine rings is 2. The zero-order valence-electron chi connectivity index (χ0n) is 37.8. The third kappa shape index (κ3) is 13.5. The van der Waals surface area contributed by atoms with E-state index in [4.69, 9.17) is 4.74 Å². The van der Waals surface area contributed by atoms with Gasteiger partial charge in [-0.1, -0.05) is 93.4 Å². The second kappa shape index (κ2) is 19.5. The molecule has 0 N–H and O–H groups in total. The third-order valence-corrected chi connectivity index (χ3v) is 13.3. The maximum atomic E-state index is 14.0. The first-order chi connectivity index (χ1) is 27.4. The van der Waals surface area contributed by atoms with Gasteiger partial charge in [-0.05, 0) is 80.5 Å². The van der Waals surface area contributed by atoms with Gasteiger partial charge in [-0.2, -0.15) is 0 Å². The van der Waals surface area contributed by atoms with Crippen molar-refractivity contribution in [1.82, 2.24) is 9.80 Å². The second-order valence-corrected chi connectivity index (χ2v) is 21.7. The molecular formula is C47H73N3O9. The Morgan fingerprint density at radius 2 is 1.37 bits per heavy atom. The Kier molecular flexibility index (Phi) is 15.9. The highest BCUT2D eigenvalue weighted by molar-refractivity contribution is 6.38. The summed E-state index contributed by atoms with van der Waals surface area (Å²) in [5.41, 5.74) is -1.25. The molecule has 0 spiro atoms. The summed E-state index contributed by atoms with van der Waals surface area (Å²) < 4.78 is 5.57. The molecule has 0 bridgehead atoms. The van der Waals surface area contributed by atoms with Crippen LogP contribution in [-0.2, 0) is 43.1 Å². The number of carbonyl (C=O) groups excluding carboxylic acids is 8. The van der Waals surface area contributed by atoms with Crippen LogP contribution in [0.1, 0.15) is 172 Å². The van der Waals surface area contributed by atoms with Gasteiger partial charge in [0.15, 0.2) is 11.6 Å². The average molecular weight is 824 g/mol. The fourth-order valence-corrected chi connectivity index (χ4v) is 9.44. The van der Waals surface area contributed by atoms with Gasteiger partial charge >= 0.3 is 5.97 Å². The van der Waals surface area contributed by atoms with E-state index < -0.39 is 29.5 Å². The van der Waals surface area contributed by atoms with E-state index in [2.05, 4.69) is 18.8 Å². The topological polar surface area (TPSA) is 165 Å². The van der Waals surface area contributed by atoms with Crippen LogP contribution in [0.3, 0.4) is 0 Å². The number of ether oxygens (including phenoxy) is 1. The van der Waals surface area contributed by atoms with Gasteiger partial charge in [0, 0.05) is 44.1 Å². The van der Waals surface area contributed by atoms with Crippen LogP contribution in [0.5, 0.6) is 0 Å². The van der Waals surface area contributed by atoms with E-state index in [0.29, 0.717) is 44.6 Å². The standard InChI is InChI=1S/C33H51NO6.C14H22N2O3/c1-32(2,3)40-27(37)19-23-14-12-10-8-6-7-9-11-13-22(30(38)26(36)17-21-15-16-21)18-25(35)29-28-24(33(28,4)5)20-34(29)31(23)39;1-13(2,3)10(15-9-17)8-16-11(18)6-14(4,5)7-12(16)19/h21-24,28-29H,6-20H2,1-5H3;10H,6-8H2,1-5H3/t22-,23-,24+,28+,29-;10-/m11/s1. The van der Waals surface area contributed by atoms with Crippen LogP contribution in [0.2, 0.25) is 0 Å². The van der Waals surface area contributed by atoms with Crippen molar-refractivity contribution in [2.24, 2.45) is 50.8 Å². The number of hydrogen-bond donors (Lipinski definition) is 0. The van der Waals surface area contributed by atoms with Gasteiger partial charge in [0.2, 0.25) is 29.6 Å². The number of esters is 1. The molecule has 6 atom stereocenters. The smallest absolute Gasteiger partial charge is 0.307 e. The van der Waals surface area contributed by atoms with E-state index in [9.17, 15) is 38.4 Å². The van der Waals surface area contributed by atoms with Crippen LogP contribution in [0.25, 0.3) is 0 Å². The zero-order valence-corrected chi connectivity index (χ0v) is 37.8. The van der Waals surface area contributed by atoms with Crippen LogP contribution >= 0.6 is 0 Å². The predicted molar refractivity (Wildman–Crippen MR) is 223 cm³/mol. The maximum absolute atomic E-state index is 14.0. The molecule has 5 aliphatic rings. The summed E-state index contributed by atoms with van der Waals surface area (Å²) in [5.74, 6) is -2.17. The fourth-order valence-electron chi connectivity index (χ4n) is 9.44. The van der Waals surface area contributed by atoms with Gasteiger partial charge in [0.05, 0.1) is 25.0 Å². The summed E-state index contributed by atoms with van der Waals surface area (Å²) in [5, 5.41) is 0. The van der Waals surface area contributed by atoms with Gasteiger partial charge in [0.1, 0.15) is 5.60 Å². The molecule has 12 heteroatoms. The Labute approximate surface area is 352 Å². The van der Waals surface area contributed by atoms with E-state index >= 15 is 0 Å². The van der Waals surface area contributed by atoms with Crippen molar-refractivity contribution in [2.75, 3.05) is 13.1 Å². The van der Waals surface area contributed by atoms with Crippen LogP contribution < -0.4 is 0 Å². The number of Topliss-reactive ketones (excluding diaryl/α,β-unsaturated/α-hetero) is 3. The number of rotatable bonds is 9. The molecule has 2 aliphatic carbocycles. The monoisotopic (exact) mass is 824 g/mol. The number of nitrogens with zero attached hydrogens (tertiary/aromatic N) is 3. The van der Waals surface area contributed by atoms with Crippen molar-refractivity contribution in [2.45, 2.75) is 190 Å². The lowest BCUT2D eigenvalue weighted by atomic mass is 9.80. The number of likely N-dealkylation sites (tertiary alicyclic amines) is 1. The molecule has 12 nitrogen and oxygen atoms in total.